The highest BCUT2D eigenvalue weighted by atomic mass is 35.5. The Morgan fingerprint density at radius 1 is 1.36 bits per heavy atom. The van der Waals surface area contributed by atoms with Crippen molar-refractivity contribution in [1.82, 2.24) is 14.5 Å². The van der Waals surface area contributed by atoms with Crippen molar-refractivity contribution in [3.63, 3.8) is 0 Å². The number of rotatable bonds is 9. The van der Waals surface area contributed by atoms with Crippen molar-refractivity contribution in [2.24, 2.45) is 11.1 Å². The van der Waals surface area contributed by atoms with Crippen LogP contribution in [0.1, 0.15) is 34.5 Å². The van der Waals surface area contributed by atoms with Gasteiger partial charge in [-0.25, -0.2) is 19.5 Å². The number of halogens is 2. The summed E-state index contributed by atoms with van der Waals surface area (Å²) in [5.74, 6) is 0.148. The first-order valence-electron chi connectivity index (χ1n) is 10.0. The van der Waals surface area contributed by atoms with Gasteiger partial charge >= 0.3 is 10.3 Å². The average molecular weight is 498 g/mol. The van der Waals surface area contributed by atoms with E-state index in [2.05, 4.69) is 19.5 Å². The Morgan fingerprint density at radius 2 is 2.18 bits per heavy atom. The number of anilines is 1. The van der Waals surface area contributed by atoms with Gasteiger partial charge in [-0.05, 0) is 48.6 Å². The summed E-state index contributed by atoms with van der Waals surface area (Å²) in [7, 11) is -4.09. The maximum atomic E-state index is 14.6. The number of nitrogens with zero attached hydrogens (tertiary/aromatic N) is 3. The molecule has 0 bridgehead atoms. The molecule has 1 aliphatic rings. The van der Waals surface area contributed by atoms with Crippen molar-refractivity contribution in [2.75, 3.05) is 11.9 Å². The zero-order chi connectivity index (χ0) is 23.6. The quantitative estimate of drug-likeness (QED) is 0.429. The Hall–Kier alpha value is -2.80. The summed E-state index contributed by atoms with van der Waals surface area (Å²) in [5, 5.41) is 8.08. The summed E-state index contributed by atoms with van der Waals surface area (Å²) < 4.78 is 48.2. The molecule has 3 atom stereocenters. The molecule has 0 radical (unpaired) electrons. The molecular formula is C20H21ClFN5O5S. The fourth-order valence-corrected chi connectivity index (χ4v) is 4.34. The first-order chi connectivity index (χ1) is 15.7. The Morgan fingerprint density at radius 3 is 2.91 bits per heavy atom. The molecular weight excluding hydrogens is 477 g/mol. The average Bonchev–Trinajstić information content (AvgIpc) is 3.47. The standard InChI is InChI=1S/C20H21ClFN5O5S/c21-18-2-1-14(32-18)9-27-4-3-13(8-27)19(28)15-7-24-11-25-20(15)26-17-6-12(5-16(17)22)10-31-33(23,29)30/h1-4,7-8,11-12,16-17H,5-6,9-10H2,(H2,23,29,30)(H,24,25,26). The van der Waals surface area contributed by atoms with Crippen LogP contribution >= 0.6 is 11.6 Å². The summed E-state index contributed by atoms with van der Waals surface area (Å²) >= 11 is 5.79. The molecule has 3 aromatic heterocycles. The molecule has 1 fully saturated rings. The van der Waals surface area contributed by atoms with Crippen molar-refractivity contribution in [3.8, 4) is 0 Å². The number of nitrogens with one attached hydrogen (secondary N) is 1. The normalized spacial score (nSPS) is 20.8. The first kappa shape index (κ1) is 23.4. The van der Waals surface area contributed by atoms with E-state index in [9.17, 15) is 17.6 Å². The van der Waals surface area contributed by atoms with Gasteiger partial charge in [-0.15, -0.1) is 0 Å². The fourth-order valence-electron chi connectivity index (χ4n) is 3.79. The molecule has 3 aromatic rings. The van der Waals surface area contributed by atoms with E-state index < -0.39 is 22.5 Å². The van der Waals surface area contributed by atoms with Crippen LogP contribution in [0.15, 0.2) is 47.5 Å². The van der Waals surface area contributed by atoms with Gasteiger partial charge in [0.25, 0.3) is 0 Å². The minimum absolute atomic E-state index is 0.0984. The number of hydrogen-bond acceptors (Lipinski definition) is 8. The number of ketones is 1. The zero-order valence-corrected chi connectivity index (χ0v) is 18.8. The highest BCUT2D eigenvalue weighted by molar-refractivity contribution is 7.84. The largest absolute Gasteiger partial charge is 0.448 e. The third-order valence-corrected chi connectivity index (χ3v) is 5.98. The summed E-state index contributed by atoms with van der Waals surface area (Å²) in [4.78, 5) is 21.1. The number of furan rings is 1. The Balaban J connectivity index is 1.45. The molecule has 176 valence electrons. The van der Waals surface area contributed by atoms with E-state index in [4.69, 9.17) is 21.2 Å². The molecule has 1 aliphatic carbocycles. The number of nitrogens with two attached hydrogens (primary N) is 1. The predicted molar refractivity (Wildman–Crippen MR) is 117 cm³/mol. The summed E-state index contributed by atoms with van der Waals surface area (Å²) in [6, 6.07) is 4.36. The van der Waals surface area contributed by atoms with E-state index in [1.54, 1.807) is 35.2 Å². The van der Waals surface area contributed by atoms with Crippen molar-refractivity contribution in [1.29, 1.82) is 0 Å². The van der Waals surface area contributed by atoms with Crippen LogP contribution in [0.5, 0.6) is 0 Å². The van der Waals surface area contributed by atoms with Crippen LogP contribution in [-0.4, -0.2) is 47.6 Å². The number of hydrogen-bond donors (Lipinski definition) is 2. The van der Waals surface area contributed by atoms with E-state index in [1.165, 1.54) is 12.5 Å². The van der Waals surface area contributed by atoms with E-state index in [0.717, 1.165) is 0 Å². The van der Waals surface area contributed by atoms with Crippen molar-refractivity contribution < 1.29 is 26.2 Å². The van der Waals surface area contributed by atoms with E-state index >= 15 is 0 Å². The zero-order valence-electron chi connectivity index (χ0n) is 17.2. The van der Waals surface area contributed by atoms with Gasteiger partial charge in [0.1, 0.15) is 24.1 Å². The third kappa shape index (κ3) is 5.96. The molecule has 10 nitrogen and oxygen atoms in total. The molecule has 0 aromatic carbocycles. The molecule has 1 saturated carbocycles. The van der Waals surface area contributed by atoms with Crippen LogP contribution in [0.2, 0.25) is 5.22 Å². The van der Waals surface area contributed by atoms with Crippen LogP contribution in [0.4, 0.5) is 10.2 Å². The lowest BCUT2D eigenvalue weighted by atomic mass is 10.1. The van der Waals surface area contributed by atoms with Gasteiger partial charge in [-0.2, -0.15) is 8.42 Å². The SMILES string of the molecule is NS(=O)(=O)OCC1CC(F)C(Nc2ncncc2C(=O)c2ccn(Cc3ccc(Cl)o3)c2)C1. The van der Waals surface area contributed by atoms with Gasteiger partial charge in [-0.3, -0.25) is 8.98 Å². The smallest absolute Gasteiger partial charge is 0.333 e. The predicted octanol–water partition coefficient (Wildman–Crippen LogP) is 2.55. The van der Waals surface area contributed by atoms with E-state index in [0.29, 0.717) is 17.9 Å². The van der Waals surface area contributed by atoms with Gasteiger partial charge in [-0.1, -0.05) is 0 Å². The van der Waals surface area contributed by atoms with Crippen LogP contribution in [0.25, 0.3) is 0 Å². The van der Waals surface area contributed by atoms with Gasteiger partial charge in [0.05, 0.1) is 24.8 Å². The lowest BCUT2D eigenvalue weighted by molar-refractivity contribution is 0.103. The molecule has 0 aliphatic heterocycles. The summed E-state index contributed by atoms with van der Waals surface area (Å²) in [5.41, 5.74) is 0.584. The van der Waals surface area contributed by atoms with Gasteiger partial charge in [0.2, 0.25) is 0 Å². The van der Waals surface area contributed by atoms with Crippen molar-refractivity contribution in [3.05, 3.63) is 65.2 Å². The summed E-state index contributed by atoms with van der Waals surface area (Å²) in [6.45, 7) is 0.186. The molecule has 3 N–H and O–H groups in total. The fraction of sp³-hybridized carbons (Fsp3) is 0.350. The number of carbonyl (C=O) groups is 1. The third-order valence-electron chi connectivity index (χ3n) is 5.31. The van der Waals surface area contributed by atoms with Crippen LogP contribution in [-0.2, 0) is 21.0 Å². The van der Waals surface area contributed by atoms with E-state index in [1.807, 2.05) is 0 Å². The monoisotopic (exact) mass is 497 g/mol. The van der Waals surface area contributed by atoms with Gasteiger partial charge < -0.3 is 14.3 Å². The Bertz CT molecular complexity index is 1250. The Labute approximate surface area is 194 Å². The number of alkyl halides is 1. The van der Waals surface area contributed by atoms with E-state index in [-0.39, 0.29) is 47.8 Å². The minimum Gasteiger partial charge on any atom is -0.448 e. The second-order valence-corrected chi connectivity index (χ2v) is 9.37. The summed E-state index contributed by atoms with van der Waals surface area (Å²) in [6.07, 6.45) is 5.12. The number of aromatic nitrogens is 3. The second kappa shape index (κ2) is 9.59. The maximum Gasteiger partial charge on any atom is 0.333 e. The second-order valence-electron chi connectivity index (χ2n) is 7.77. The van der Waals surface area contributed by atoms with Crippen LogP contribution < -0.4 is 10.5 Å². The molecule has 0 saturated heterocycles. The molecule has 4 rings (SSSR count). The lowest BCUT2D eigenvalue weighted by Gasteiger charge is -2.17. The number of carbonyl (C=O) groups excluding carboxylic acids is 1. The molecule has 33 heavy (non-hydrogen) atoms. The van der Waals surface area contributed by atoms with Crippen molar-refractivity contribution >= 4 is 33.5 Å². The molecule has 3 heterocycles. The lowest BCUT2D eigenvalue weighted by Crippen LogP contribution is -2.27. The van der Waals surface area contributed by atoms with Gasteiger partial charge in [0, 0.05) is 24.2 Å². The van der Waals surface area contributed by atoms with Crippen LogP contribution in [0, 0.1) is 5.92 Å². The Kier molecular flexibility index (Phi) is 6.79. The topological polar surface area (TPSA) is 142 Å². The highest BCUT2D eigenvalue weighted by Crippen LogP contribution is 2.32. The molecule has 3 unspecified atom stereocenters. The van der Waals surface area contributed by atoms with Gasteiger partial charge in [0.15, 0.2) is 11.0 Å². The first-order valence-corrected chi connectivity index (χ1v) is 11.9. The van der Waals surface area contributed by atoms with Crippen molar-refractivity contribution in [2.45, 2.75) is 31.6 Å². The minimum atomic E-state index is -4.09. The molecule has 13 heteroatoms. The molecule has 0 amide bonds. The van der Waals surface area contributed by atoms with Crippen LogP contribution in [0.3, 0.4) is 0 Å². The highest BCUT2D eigenvalue weighted by Gasteiger charge is 2.36. The maximum absolute atomic E-state index is 14.6. The molecule has 0 spiro atoms.